The van der Waals surface area contributed by atoms with Gasteiger partial charge in [0.2, 0.25) is 0 Å². The van der Waals surface area contributed by atoms with Gasteiger partial charge in [0.15, 0.2) is 5.65 Å². The molecule has 0 fully saturated rings. The fourth-order valence-electron chi connectivity index (χ4n) is 2.14. The summed E-state index contributed by atoms with van der Waals surface area (Å²) in [6, 6.07) is 11.6. The Balaban J connectivity index is 2.03. The molecule has 3 aromatic rings. The minimum Gasteiger partial charge on any atom is -0.478 e. The molecule has 0 saturated heterocycles. The Bertz CT molecular complexity index is 765. The highest BCUT2D eigenvalue weighted by molar-refractivity contribution is 5.90. The van der Waals surface area contributed by atoms with Crippen LogP contribution in [0.4, 0.5) is 0 Å². The molecule has 0 bridgehead atoms. The molecule has 20 heavy (non-hydrogen) atoms. The number of aromatic carboxylic acids is 1. The average Bonchev–Trinajstić information content (AvgIpc) is 2.90. The van der Waals surface area contributed by atoms with Gasteiger partial charge in [-0.05, 0) is 11.6 Å². The molecule has 5 nitrogen and oxygen atoms in total. The van der Waals surface area contributed by atoms with Crippen molar-refractivity contribution in [2.45, 2.75) is 12.8 Å². The molecule has 0 aliphatic heterocycles. The molecule has 3 rings (SSSR count). The molecule has 0 aliphatic carbocycles. The molecular formula is C15H13N3O2. The summed E-state index contributed by atoms with van der Waals surface area (Å²) in [6.07, 6.45) is 1.32. The number of aromatic amines is 1. The van der Waals surface area contributed by atoms with Gasteiger partial charge in [0.25, 0.3) is 0 Å². The summed E-state index contributed by atoms with van der Waals surface area (Å²) < 4.78 is 0. The van der Waals surface area contributed by atoms with Crippen LogP contribution in [0.2, 0.25) is 0 Å². The van der Waals surface area contributed by atoms with E-state index in [1.54, 1.807) is 6.07 Å². The number of carboxylic acids is 1. The molecule has 2 N–H and O–H groups in total. The number of H-pyrrole nitrogens is 1. The Labute approximate surface area is 115 Å². The SMILES string of the molecule is CC(c1ccccc1)c1nc2ncc(C(=O)O)cc2[nH]1. The lowest BCUT2D eigenvalue weighted by atomic mass is 10.0. The van der Waals surface area contributed by atoms with Gasteiger partial charge in [-0.2, -0.15) is 0 Å². The van der Waals surface area contributed by atoms with Gasteiger partial charge in [-0.1, -0.05) is 37.3 Å². The van der Waals surface area contributed by atoms with Crippen LogP contribution < -0.4 is 0 Å². The topological polar surface area (TPSA) is 78.9 Å². The van der Waals surface area contributed by atoms with Gasteiger partial charge in [-0.25, -0.2) is 14.8 Å². The van der Waals surface area contributed by atoms with Gasteiger partial charge in [-0.3, -0.25) is 0 Å². The Morgan fingerprint density at radius 2 is 2.05 bits per heavy atom. The lowest BCUT2D eigenvalue weighted by Crippen LogP contribution is -1.97. The second-order valence-electron chi connectivity index (χ2n) is 4.65. The zero-order valence-electron chi connectivity index (χ0n) is 10.9. The average molecular weight is 267 g/mol. The Morgan fingerprint density at radius 1 is 1.30 bits per heavy atom. The van der Waals surface area contributed by atoms with Crippen LogP contribution >= 0.6 is 0 Å². The predicted molar refractivity (Wildman–Crippen MR) is 74.8 cm³/mol. The Kier molecular flexibility index (Phi) is 2.95. The first-order valence-electron chi connectivity index (χ1n) is 6.29. The Hall–Kier alpha value is -2.69. The maximum absolute atomic E-state index is 10.9. The van der Waals surface area contributed by atoms with E-state index in [1.807, 2.05) is 37.3 Å². The standard InChI is InChI=1S/C15H13N3O2/c1-9(10-5-3-2-4-6-10)13-17-12-7-11(15(19)20)8-16-14(12)18-13/h2-9H,1H3,(H,19,20)(H,16,17,18). The van der Waals surface area contributed by atoms with Crippen LogP contribution in [0.3, 0.4) is 0 Å². The molecule has 0 aliphatic rings. The molecule has 0 saturated carbocycles. The quantitative estimate of drug-likeness (QED) is 0.764. The highest BCUT2D eigenvalue weighted by Gasteiger charge is 2.14. The van der Waals surface area contributed by atoms with E-state index in [4.69, 9.17) is 5.11 Å². The van der Waals surface area contributed by atoms with Crippen molar-refractivity contribution < 1.29 is 9.90 Å². The van der Waals surface area contributed by atoms with E-state index in [1.165, 1.54) is 6.20 Å². The molecule has 5 heteroatoms. The number of hydrogen-bond donors (Lipinski definition) is 2. The summed E-state index contributed by atoms with van der Waals surface area (Å²) in [4.78, 5) is 22.6. The summed E-state index contributed by atoms with van der Waals surface area (Å²) in [5.74, 6) is -0.119. The van der Waals surface area contributed by atoms with E-state index >= 15 is 0 Å². The van der Waals surface area contributed by atoms with Crippen molar-refractivity contribution in [1.29, 1.82) is 0 Å². The number of fused-ring (bicyclic) bond motifs is 1. The fourth-order valence-corrected chi connectivity index (χ4v) is 2.14. The summed E-state index contributed by atoms with van der Waals surface area (Å²) >= 11 is 0. The minimum absolute atomic E-state index is 0.0960. The van der Waals surface area contributed by atoms with Gasteiger partial charge in [0, 0.05) is 12.1 Å². The number of carboxylic acid groups (broad SMARTS) is 1. The molecule has 0 radical (unpaired) electrons. The molecule has 1 atom stereocenters. The van der Waals surface area contributed by atoms with Crippen LogP contribution in [0, 0.1) is 0 Å². The van der Waals surface area contributed by atoms with Crippen molar-refractivity contribution >= 4 is 17.1 Å². The minimum atomic E-state index is -0.994. The summed E-state index contributed by atoms with van der Waals surface area (Å²) in [5, 5.41) is 8.96. The number of rotatable bonds is 3. The van der Waals surface area contributed by atoms with Crippen LogP contribution in [0.25, 0.3) is 11.2 Å². The highest BCUT2D eigenvalue weighted by atomic mass is 16.4. The number of imidazole rings is 1. The third-order valence-corrected chi connectivity index (χ3v) is 3.31. The van der Waals surface area contributed by atoms with Crippen LogP contribution in [-0.4, -0.2) is 26.0 Å². The Morgan fingerprint density at radius 3 is 2.75 bits per heavy atom. The molecule has 0 spiro atoms. The first-order chi connectivity index (χ1) is 9.65. The van der Waals surface area contributed by atoms with Crippen LogP contribution in [0.15, 0.2) is 42.6 Å². The highest BCUT2D eigenvalue weighted by Crippen LogP contribution is 2.23. The summed E-state index contributed by atoms with van der Waals surface area (Å²) in [6.45, 7) is 2.05. The van der Waals surface area contributed by atoms with Gasteiger partial charge >= 0.3 is 5.97 Å². The van der Waals surface area contributed by atoms with Crippen molar-refractivity contribution in [3.05, 3.63) is 59.5 Å². The number of carbonyl (C=O) groups is 1. The van der Waals surface area contributed by atoms with Crippen LogP contribution in [0.5, 0.6) is 0 Å². The molecule has 100 valence electrons. The van der Waals surface area contributed by atoms with Crippen LogP contribution in [-0.2, 0) is 0 Å². The van der Waals surface area contributed by atoms with E-state index in [-0.39, 0.29) is 11.5 Å². The fraction of sp³-hybridized carbons (Fsp3) is 0.133. The van der Waals surface area contributed by atoms with E-state index in [0.717, 1.165) is 11.4 Å². The zero-order chi connectivity index (χ0) is 14.1. The summed E-state index contributed by atoms with van der Waals surface area (Å²) in [7, 11) is 0. The summed E-state index contributed by atoms with van der Waals surface area (Å²) in [5.41, 5.74) is 2.47. The zero-order valence-corrected chi connectivity index (χ0v) is 10.9. The first-order valence-corrected chi connectivity index (χ1v) is 6.29. The molecule has 1 unspecified atom stereocenters. The van der Waals surface area contributed by atoms with Crippen molar-refractivity contribution in [2.75, 3.05) is 0 Å². The van der Waals surface area contributed by atoms with Gasteiger partial charge in [0.1, 0.15) is 5.82 Å². The van der Waals surface area contributed by atoms with Crippen molar-refractivity contribution in [3.63, 3.8) is 0 Å². The second kappa shape index (κ2) is 4.77. The molecule has 1 aromatic carbocycles. The molecule has 2 aromatic heterocycles. The van der Waals surface area contributed by atoms with E-state index in [0.29, 0.717) is 11.2 Å². The normalized spacial score (nSPS) is 12.4. The number of pyridine rings is 1. The number of hydrogen-bond acceptors (Lipinski definition) is 3. The van der Waals surface area contributed by atoms with E-state index < -0.39 is 5.97 Å². The van der Waals surface area contributed by atoms with E-state index in [2.05, 4.69) is 15.0 Å². The smallest absolute Gasteiger partial charge is 0.337 e. The van der Waals surface area contributed by atoms with Gasteiger partial charge in [-0.15, -0.1) is 0 Å². The molecule has 0 amide bonds. The van der Waals surface area contributed by atoms with Crippen LogP contribution in [0.1, 0.15) is 34.6 Å². The van der Waals surface area contributed by atoms with Crippen molar-refractivity contribution in [3.8, 4) is 0 Å². The molecular weight excluding hydrogens is 254 g/mol. The lowest BCUT2D eigenvalue weighted by Gasteiger charge is -2.07. The lowest BCUT2D eigenvalue weighted by molar-refractivity contribution is 0.0696. The van der Waals surface area contributed by atoms with E-state index in [9.17, 15) is 4.79 Å². The van der Waals surface area contributed by atoms with Crippen molar-refractivity contribution in [2.24, 2.45) is 0 Å². The number of nitrogens with one attached hydrogen (secondary N) is 1. The van der Waals surface area contributed by atoms with Gasteiger partial charge < -0.3 is 10.1 Å². The number of benzene rings is 1. The van der Waals surface area contributed by atoms with Gasteiger partial charge in [0.05, 0.1) is 11.1 Å². The monoisotopic (exact) mass is 267 g/mol. The number of aromatic nitrogens is 3. The maximum atomic E-state index is 10.9. The third-order valence-electron chi connectivity index (χ3n) is 3.31. The second-order valence-corrected chi connectivity index (χ2v) is 4.65. The first kappa shape index (κ1) is 12.3. The maximum Gasteiger partial charge on any atom is 0.337 e. The molecule has 2 heterocycles. The van der Waals surface area contributed by atoms with Crippen molar-refractivity contribution in [1.82, 2.24) is 15.0 Å². The largest absolute Gasteiger partial charge is 0.478 e. The predicted octanol–water partition coefficient (Wildman–Crippen LogP) is 2.81. The third kappa shape index (κ3) is 2.14. The number of nitrogens with zero attached hydrogens (tertiary/aromatic N) is 2.